The van der Waals surface area contributed by atoms with E-state index >= 15 is 0 Å². The minimum absolute atomic E-state index is 0.000534. The molecule has 3 nitrogen and oxygen atoms in total. The van der Waals surface area contributed by atoms with Gasteiger partial charge < -0.3 is 10.6 Å². The molecule has 5 heteroatoms. The van der Waals surface area contributed by atoms with Crippen LogP contribution in [0, 0.1) is 0 Å². The highest BCUT2D eigenvalue weighted by Gasteiger charge is 2.18. The van der Waals surface area contributed by atoms with E-state index in [4.69, 9.17) is 11.6 Å². The van der Waals surface area contributed by atoms with Crippen molar-refractivity contribution >= 4 is 28.8 Å². The van der Waals surface area contributed by atoms with Crippen molar-refractivity contribution in [3.63, 3.8) is 0 Å². The number of carbonyl (C=O) groups is 1. The number of hydrogen-bond donors (Lipinski definition) is 2. The van der Waals surface area contributed by atoms with Gasteiger partial charge in [-0.2, -0.15) is 0 Å². The molecule has 1 aliphatic rings. The van der Waals surface area contributed by atoms with E-state index in [0.717, 1.165) is 30.1 Å². The predicted molar refractivity (Wildman–Crippen MR) is 76.3 cm³/mol. The van der Waals surface area contributed by atoms with Crippen LogP contribution in [0.1, 0.15) is 30.6 Å². The summed E-state index contributed by atoms with van der Waals surface area (Å²) in [6.07, 6.45) is 5.36. The SMILES string of the molecule is O=C(NCCc1ccc(Cl)s1)C1CCCCCN1. The number of halogens is 1. The van der Waals surface area contributed by atoms with Crippen molar-refractivity contribution in [1.29, 1.82) is 0 Å². The first-order chi connectivity index (χ1) is 8.75. The number of nitrogens with one attached hydrogen (secondary N) is 2. The normalized spacial score (nSPS) is 20.4. The second kappa shape index (κ2) is 7.12. The molecule has 0 aromatic carbocycles. The van der Waals surface area contributed by atoms with Crippen molar-refractivity contribution in [3.8, 4) is 0 Å². The Morgan fingerprint density at radius 2 is 2.33 bits per heavy atom. The molecule has 1 aromatic rings. The lowest BCUT2D eigenvalue weighted by Crippen LogP contribution is -2.44. The first-order valence-corrected chi connectivity index (χ1v) is 7.70. The van der Waals surface area contributed by atoms with E-state index in [-0.39, 0.29) is 11.9 Å². The summed E-state index contributed by atoms with van der Waals surface area (Å²) in [6.45, 7) is 1.65. The van der Waals surface area contributed by atoms with Gasteiger partial charge in [-0.15, -0.1) is 11.3 Å². The third-order valence-electron chi connectivity index (χ3n) is 3.18. The lowest BCUT2D eigenvalue weighted by atomic mass is 10.1. The molecule has 1 fully saturated rings. The molecule has 0 radical (unpaired) electrons. The molecule has 2 N–H and O–H groups in total. The van der Waals surface area contributed by atoms with Gasteiger partial charge in [-0.05, 0) is 37.9 Å². The van der Waals surface area contributed by atoms with Gasteiger partial charge in [0.1, 0.15) is 0 Å². The van der Waals surface area contributed by atoms with E-state index < -0.39 is 0 Å². The third kappa shape index (κ3) is 4.26. The maximum Gasteiger partial charge on any atom is 0.237 e. The van der Waals surface area contributed by atoms with Gasteiger partial charge in [0, 0.05) is 11.4 Å². The zero-order valence-electron chi connectivity index (χ0n) is 10.4. The maximum atomic E-state index is 12.0. The number of thiophene rings is 1. The Morgan fingerprint density at radius 3 is 3.11 bits per heavy atom. The van der Waals surface area contributed by atoms with E-state index in [1.807, 2.05) is 12.1 Å². The first-order valence-electron chi connectivity index (χ1n) is 6.51. The van der Waals surface area contributed by atoms with Crippen molar-refractivity contribution in [3.05, 3.63) is 21.3 Å². The Kier molecular flexibility index (Phi) is 5.47. The molecule has 0 saturated carbocycles. The molecule has 18 heavy (non-hydrogen) atoms. The summed E-state index contributed by atoms with van der Waals surface area (Å²) in [7, 11) is 0. The summed E-state index contributed by atoms with van der Waals surface area (Å²) in [5.41, 5.74) is 0. The number of rotatable bonds is 4. The van der Waals surface area contributed by atoms with Crippen molar-refractivity contribution in [2.24, 2.45) is 0 Å². The van der Waals surface area contributed by atoms with Crippen LogP contribution in [-0.4, -0.2) is 25.0 Å². The zero-order valence-corrected chi connectivity index (χ0v) is 11.9. The van der Waals surface area contributed by atoms with E-state index in [0.29, 0.717) is 6.54 Å². The molecule has 1 atom stereocenters. The van der Waals surface area contributed by atoms with Crippen molar-refractivity contribution in [2.45, 2.75) is 38.1 Å². The molecule has 1 aliphatic heterocycles. The van der Waals surface area contributed by atoms with Crippen LogP contribution in [-0.2, 0) is 11.2 Å². The topological polar surface area (TPSA) is 41.1 Å². The number of amides is 1. The highest BCUT2D eigenvalue weighted by atomic mass is 35.5. The molecular weight excluding hydrogens is 268 g/mol. The standard InChI is InChI=1S/C13H19ClN2OS/c14-12-6-5-10(18-12)7-9-16-13(17)11-4-2-1-3-8-15-11/h5-6,11,15H,1-4,7-9H2,(H,16,17). The lowest BCUT2D eigenvalue weighted by molar-refractivity contribution is -0.123. The van der Waals surface area contributed by atoms with Crippen LogP contribution >= 0.6 is 22.9 Å². The second-order valence-corrected chi connectivity index (χ2v) is 6.40. The van der Waals surface area contributed by atoms with Gasteiger partial charge in [-0.25, -0.2) is 0 Å². The monoisotopic (exact) mass is 286 g/mol. The molecule has 0 spiro atoms. The van der Waals surface area contributed by atoms with E-state index in [2.05, 4.69) is 10.6 Å². The largest absolute Gasteiger partial charge is 0.354 e. The van der Waals surface area contributed by atoms with Crippen molar-refractivity contribution < 1.29 is 4.79 Å². The summed E-state index contributed by atoms with van der Waals surface area (Å²) in [5, 5.41) is 6.30. The molecule has 100 valence electrons. The van der Waals surface area contributed by atoms with Gasteiger partial charge in [0.15, 0.2) is 0 Å². The maximum absolute atomic E-state index is 12.0. The average molecular weight is 287 g/mol. The van der Waals surface area contributed by atoms with Crippen molar-refractivity contribution in [1.82, 2.24) is 10.6 Å². The first kappa shape index (κ1) is 13.8. The molecule has 0 aliphatic carbocycles. The molecule has 2 heterocycles. The smallest absolute Gasteiger partial charge is 0.237 e. The molecule has 1 aromatic heterocycles. The summed E-state index contributed by atoms with van der Waals surface area (Å²) < 4.78 is 0.807. The summed E-state index contributed by atoms with van der Waals surface area (Å²) in [6, 6.07) is 3.92. The fourth-order valence-corrected chi connectivity index (χ4v) is 3.26. The molecule has 0 bridgehead atoms. The Hall–Kier alpha value is -0.580. The van der Waals surface area contributed by atoms with Crippen LogP contribution < -0.4 is 10.6 Å². The van der Waals surface area contributed by atoms with E-state index in [9.17, 15) is 4.79 Å². The van der Waals surface area contributed by atoms with Gasteiger partial charge in [0.25, 0.3) is 0 Å². The number of carbonyl (C=O) groups excluding carboxylic acids is 1. The summed E-state index contributed by atoms with van der Waals surface area (Å²) >= 11 is 7.44. The molecule has 1 amide bonds. The van der Waals surface area contributed by atoms with E-state index in [1.165, 1.54) is 17.7 Å². The summed E-state index contributed by atoms with van der Waals surface area (Å²) in [5.74, 6) is 0.138. The van der Waals surface area contributed by atoms with Crippen LogP contribution in [0.4, 0.5) is 0 Å². The Bertz CT molecular complexity index is 386. The lowest BCUT2D eigenvalue weighted by Gasteiger charge is -2.15. The quantitative estimate of drug-likeness (QED) is 0.893. The Labute approximate surface area is 117 Å². The summed E-state index contributed by atoms with van der Waals surface area (Å²) in [4.78, 5) is 13.2. The highest BCUT2D eigenvalue weighted by Crippen LogP contribution is 2.21. The fourth-order valence-electron chi connectivity index (χ4n) is 2.17. The Balaban J connectivity index is 1.70. The fraction of sp³-hybridized carbons (Fsp3) is 0.615. The van der Waals surface area contributed by atoms with Gasteiger partial charge in [0.05, 0.1) is 10.4 Å². The average Bonchev–Trinajstić information content (AvgIpc) is 2.63. The molecular formula is C13H19ClN2OS. The predicted octanol–water partition coefficient (Wildman–Crippen LogP) is 2.59. The van der Waals surface area contributed by atoms with Crippen LogP contribution in [0.15, 0.2) is 12.1 Å². The van der Waals surface area contributed by atoms with Crippen molar-refractivity contribution in [2.75, 3.05) is 13.1 Å². The molecule has 1 unspecified atom stereocenters. The molecule has 2 rings (SSSR count). The van der Waals surface area contributed by atoms with Crippen LogP contribution in [0.5, 0.6) is 0 Å². The minimum atomic E-state index is -0.000534. The van der Waals surface area contributed by atoms with Crippen LogP contribution in [0.3, 0.4) is 0 Å². The van der Waals surface area contributed by atoms with Crippen LogP contribution in [0.2, 0.25) is 4.34 Å². The van der Waals surface area contributed by atoms with Gasteiger partial charge in [-0.1, -0.05) is 24.4 Å². The highest BCUT2D eigenvalue weighted by molar-refractivity contribution is 7.16. The second-order valence-electron chi connectivity index (χ2n) is 4.60. The minimum Gasteiger partial charge on any atom is -0.354 e. The van der Waals surface area contributed by atoms with Gasteiger partial charge in [-0.3, -0.25) is 4.79 Å². The number of hydrogen-bond acceptors (Lipinski definition) is 3. The van der Waals surface area contributed by atoms with E-state index in [1.54, 1.807) is 11.3 Å². The molecule has 1 saturated heterocycles. The van der Waals surface area contributed by atoms with Gasteiger partial charge in [0.2, 0.25) is 5.91 Å². The Morgan fingerprint density at radius 1 is 1.44 bits per heavy atom. The van der Waals surface area contributed by atoms with Crippen LogP contribution in [0.25, 0.3) is 0 Å². The van der Waals surface area contributed by atoms with Gasteiger partial charge >= 0.3 is 0 Å². The zero-order chi connectivity index (χ0) is 12.8. The third-order valence-corrected chi connectivity index (χ3v) is 4.47.